The third-order valence-electron chi connectivity index (χ3n) is 6.87. The third kappa shape index (κ3) is 4.62. The van der Waals surface area contributed by atoms with Crippen LogP contribution in [0.2, 0.25) is 0 Å². The number of nitrogens with one attached hydrogen (secondary N) is 1. The van der Waals surface area contributed by atoms with E-state index in [0.717, 1.165) is 18.7 Å². The second-order valence-corrected chi connectivity index (χ2v) is 9.26. The van der Waals surface area contributed by atoms with Gasteiger partial charge in [-0.3, -0.25) is 15.0 Å². The quantitative estimate of drug-likeness (QED) is 0.371. The maximum Gasteiger partial charge on any atom is 0.280 e. The lowest BCUT2D eigenvalue weighted by Crippen LogP contribution is -2.48. The first-order valence-corrected chi connectivity index (χ1v) is 12.7. The largest absolute Gasteiger partial charge is 0.368 e. The summed E-state index contributed by atoms with van der Waals surface area (Å²) in [6, 6.07) is 34.5. The number of benzene rings is 4. The number of anilines is 2. The van der Waals surface area contributed by atoms with Crippen molar-refractivity contribution in [1.82, 2.24) is 14.6 Å². The van der Waals surface area contributed by atoms with Crippen molar-refractivity contribution in [3.05, 3.63) is 125 Å². The Morgan fingerprint density at radius 2 is 1.34 bits per heavy atom. The smallest absolute Gasteiger partial charge is 0.280 e. The maximum absolute atomic E-state index is 13.4. The van der Waals surface area contributed by atoms with E-state index in [1.54, 1.807) is 18.2 Å². The first-order chi connectivity index (χ1) is 18.7. The molecule has 1 saturated heterocycles. The van der Waals surface area contributed by atoms with Gasteiger partial charge in [0, 0.05) is 43.0 Å². The van der Waals surface area contributed by atoms with Gasteiger partial charge in [-0.2, -0.15) is 0 Å². The Morgan fingerprint density at radius 3 is 2.05 bits per heavy atom. The van der Waals surface area contributed by atoms with Gasteiger partial charge in [-0.15, -0.1) is 0 Å². The van der Waals surface area contributed by atoms with Gasteiger partial charge in [0.15, 0.2) is 5.82 Å². The molecule has 1 amide bonds. The highest BCUT2D eigenvalue weighted by molar-refractivity contribution is 5.94. The number of fused-ring (bicyclic) bond motifs is 1. The summed E-state index contributed by atoms with van der Waals surface area (Å²) in [6.07, 6.45) is 0. The van der Waals surface area contributed by atoms with Crippen molar-refractivity contribution in [2.75, 3.05) is 36.5 Å². The van der Waals surface area contributed by atoms with Crippen LogP contribution in [0.5, 0.6) is 0 Å². The molecule has 0 saturated carbocycles. The molecule has 6 rings (SSSR count). The zero-order chi connectivity index (χ0) is 25.9. The summed E-state index contributed by atoms with van der Waals surface area (Å²) in [5.74, 6) is 0.532. The van der Waals surface area contributed by atoms with Gasteiger partial charge in [0.05, 0.1) is 16.6 Å². The molecule has 0 aliphatic carbocycles. The van der Waals surface area contributed by atoms with Gasteiger partial charge in [0.25, 0.3) is 11.5 Å². The van der Waals surface area contributed by atoms with Crippen molar-refractivity contribution in [2.24, 2.45) is 0 Å². The third-order valence-corrected chi connectivity index (χ3v) is 6.87. The lowest BCUT2D eigenvalue weighted by atomic mass is 10.1. The van der Waals surface area contributed by atoms with Gasteiger partial charge < -0.3 is 9.80 Å². The molecule has 38 heavy (non-hydrogen) atoms. The van der Waals surface area contributed by atoms with Crippen LogP contribution in [0, 0.1) is 0 Å². The number of para-hydroxylation sites is 2. The predicted octanol–water partition coefficient (Wildman–Crippen LogP) is 4.90. The van der Waals surface area contributed by atoms with Crippen LogP contribution in [-0.4, -0.2) is 46.6 Å². The van der Waals surface area contributed by atoms with Crippen LogP contribution in [-0.2, 0) is 0 Å². The summed E-state index contributed by atoms with van der Waals surface area (Å²) in [5, 5.41) is 0.529. The van der Waals surface area contributed by atoms with Crippen molar-refractivity contribution in [3.8, 4) is 11.4 Å². The molecule has 5 aromatic rings. The second-order valence-electron chi connectivity index (χ2n) is 9.26. The van der Waals surface area contributed by atoms with Gasteiger partial charge in [0.1, 0.15) is 0 Å². The first kappa shape index (κ1) is 23.5. The summed E-state index contributed by atoms with van der Waals surface area (Å²) in [5.41, 5.74) is 6.98. The minimum Gasteiger partial charge on any atom is -0.368 e. The number of rotatable bonds is 5. The van der Waals surface area contributed by atoms with Gasteiger partial charge in [0.2, 0.25) is 0 Å². The summed E-state index contributed by atoms with van der Waals surface area (Å²) in [6.45, 7) is 2.95. The molecule has 7 nitrogen and oxygen atoms in total. The fraction of sp³-hybridized carbons (Fsp3) is 0.129. The number of hydrogen-bond acceptors (Lipinski definition) is 5. The SMILES string of the molecule is O=C(c1ccc(Nn2c(-c3ccccc3)nc3ccccc3c2=O)cc1)N1CCN(c2ccccc2)CC1. The Bertz CT molecular complexity index is 1620. The molecule has 1 fully saturated rings. The molecule has 188 valence electrons. The molecule has 0 spiro atoms. The van der Waals surface area contributed by atoms with Gasteiger partial charge in [-0.05, 0) is 48.5 Å². The van der Waals surface area contributed by atoms with Crippen LogP contribution < -0.4 is 15.9 Å². The summed E-state index contributed by atoms with van der Waals surface area (Å²) >= 11 is 0. The molecule has 0 unspecified atom stereocenters. The Morgan fingerprint density at radius 1 is 0.711 bits per heavy atom. The first-order valence-electron chi connectivity index (χ1n) is 12.7. The molecule has 1 aliphatic rings. The van der Waals surface area contributed by atoms with Crippen LogP contribution in [0.1, 0.15) is 10.4 Å². The highest BCUT2D eigenvalue weighted by Gasteiger charge is 2.22. The van der Waals surface area contributed by atoms with Gasteiger partial charge in [-0.25, -0.2) is 9.66 Å². The average molecular weight is 502 g/mol. The van der Waals surface area contributed by atoms with Crippen LogP contribution >= 0.6 is 0 Å². The van der Waals surface area contributed by atoms with E-state index in [2.05, 4.69) is 22.5 Å². The Labute approximate surface area is 220 Å². The van der Waals surface area contributed by atoms with Crippen molar-refractivity contribution < 1.29 is 4.79 Å². The van der Waals surface area contributed by atoms with Crippen LogP contribution in [0.15, 0.2) is 114 Å². The molecular formula is C31H27N5O2. The summed E-state index contributed by atoms with van der Waals surface area (Å²) in [7, 11) is 0. The molecule has 0 radical (unpaired) electrons. The Hall–Kier alpha value is -4.91. The van der Waals surface area contributed by atoms with E-state index in [1.807, 2.05) is 83.8 Å². The lowest BCUT2D eigenvalue weighted by molar-refractivity contribution is 0.0747. The number of piperazine rings is 1. The van der Waals surface area contributed by atoms with E-state index in [9.17, 15) is 9.59 Å². The number of hydrogen-bond donors (Lipinski definition) is 1. The molecule has 7 heteroatoms. The molecule has 1 N–H and O–H groups in total. The number of carbonyl (C=O) groups is 1. The second kappa shape index (κ2) is 10.2. The monoisotopic (exact) mass is 501 g/mol. The maximum atomic E-state index is 13.4. The minimum absolute atomic E-state index is 0.0128. The van der Waals surface area contributed by atoms with E-state index in [1.165, 1.54) is 10.4 Å². The zero-order valence-corrected chi connectivity index (χ0v) is 20.8. The van der Waals surface area contributed by atoms with Crippen LogP contribution in [0.25, 0.3) is 22.3 Å². The highest BCUT2D eigenvalue weighted by atomic mass is 16.2. The number of aromatic nitrogens is 2. The molecule has 4 aromatic carbocycles. The van der Waals surface area contributed by atoms with Gasteiger partial charge in [-0.1, -0.05) is 60.7 Å². The molecule has 1 aliphatic heterocycles. The van der Waals surface area contributed by atoms with Crippen LogP contribution in [0.4, 0.5) is 11.4 Å². The van der Waals surface area contributed by atoms with E-state index < -0.39 is 0 Å². The number of nitrogens with zero attached hydrogens (tertiary/aromatic N) is 4. The normalized spacial score (nSPS) is 13.5. The topological polar surface area (TPSA) is 70.5 Å². The Kier molecular flexibility index (Phi) is 6.32. The molecule has 0 bridgehead atoms. The number of amides is 1. The van der Waals surface area contributed by atoms with E-state index in [4.69, 9.17) is 4.98 Å². The predicted molar refractivity (Wildman–Crippen MR) is 151 cm³/mol. The zero-order valence-electron chi connectivity index (χ0n) is 20.8. The highest BCUT2D eigenvalue weighted by Crippen LogP contribution is 2.21. The summed E-state index contributed by atoms with van der Waals surface area (Å²) < 4.78 is 1.47. The summed E-state index contributed by atoms with van der Waals surface area (Å²) in [4.78, 5) is 35.6. The van der Waals surface area contributed by atoms with Crippen LogP contribution in [0.3, 0.4) is 0 Å². The Balaban J connectivity index is 1.22. The average Bonchev–Trinajstić information content (AvgIpc) is 2.99. The molecule has 1 aromatic heterocycles. The van der Waals surface area contributed by atoms with E-state index in [0.29, 0.717) is 41.1 Å². The molecular weight excluding hydrogens is 474 g/mol. The van der Waals surface area contributed by atoms with Crippen molar-refractivity contribution >= 4 is 28.2 Å². The lowest BCUT2D eigenvalue weighted by Gasteiger charge is -2.36. The van der Waals surface area contributed by atoms with Crippen molar-refractivity contribution in [1.29, 1.82) is 0 Å². The van der Waals surface area contributed by atoms with E-state index in [-0.39, 0.29) is 11.5 Å². The number of carbonyl (C=O) groups excluding carboxylic acids is 1. The standard InChI is InChI=1S/C31H27N5O2/c37-30(35-21-19-34(20-22-35)26-11-5-2-6-12-26)24-15-17-25(18-16-24)33-36-29(23-9-3-1-4-10-23)32-28-14-8-7-13-27(28)31(36)38/h1-18,33H,19-22H2. The van der Waals surface area contributed by atoms with Gasteiger partial charge >= 0.3 is 0 Å². The molecule has 2 heterocycles. The molecule has 0 atom stereocenters. The minimum atomic E-state index is -0.189. The van der Waals surface area contributed by atoms with E-state index >= 15 is 0 Å². The van der Waals surface area contributed by atoms with Crippen molar-refractivity contribution in [2.45, 2.75) is 0 Å². The van der Waals surface area contributed by atoms with Crippen molar-refractivity contribution in [3.63, 3.8) is 0 Å². The fourth-order valence-corrected chi connectivity index (χ4v) is 4.82. The fourth-order valence-electron chi connectivity index (χ4n) is 4.82.